The number of nitrogens with one attached hydrogen (secondary N) is 2. The van der Waals surface area contributed by atoms with Crippen molar-refractivity contribution in [3.8, 4) is 0 Å². The van der Waals surface area contributed by atoms with Crippen LogP contribution in [0.5, 0.6) is 0 Å². The van der Waals surface area contributed by atoms with Crippen molar-refractivity contribution in [3.05, 3.63) is 52.8 Å². The van der Waals surface area contributed by atoms with Crippen LogP contribution in [-0.4, -0.2) is 28.6 Å². The van der Waals surface area contributed by atoms with E-state index < -0.39 is 0 Å². The number of benzene rings is 1. The number of carbonyl (C=O) groups excluding carboxylic acids is 2. The Labute approximate surface area is 154 Å². The highest BCUT2D eigenvalue weighted by molar-refractivity contribution is 5.94. The monoisotopic (exact) mass is 354 g/mol. The van der Waals surface area contributed by atoms with Crippen LogP contribution in [0.4, 0.5) is 0 Å². The maximum atomic E-state index is 12.7. The zero-order chi connectivity index (χ0) is 18.9. The highest BCUT2D eigenvalue weighted by Gasteiger charge is 2.31. The van der Waals surface area contributed by atoms with Crippen molar-refractivity contribution >= 4 is 11.8 Å². The Kier molecular flexibility index (Phi) is 4.85. The summed E-state index contributed by atoms with van der Waals surface area (Å²) in [5.41, 5.74) is 2.90. The Morgan fingerprint density at radius 2 is 1.81 bits per heavy atom. The molecule has 2 N–H and O–H groups in total. The number of aromatic nitrogens is 2. The third kappa shape index (κ3) is 3.95. The first-order chi connectivity index (χ1) is 12.3. The van der Waals surface area contributed by atoms with Crippen LogP contribution in [0.3, 0.4) is 0 Å². The lowest BCUT2D eigenvalue weighted by Gasteiger charge is -2.22. The molecule has 0 bridgehead atoms. The molecule has 1 heterocycles. The van der Waals surface area contributed by atoms with Crippen molar-refractivity contribution in [2.45, 2.75) is 51.6 Å². The number of nitrogens with zero attached hydrogens (tertiary/aromatic N) is 2. The maximum absolute atomic E-state index is 12.7. The average Bonchev–Trinajstić information content (AvgIpc) is 3.36. The fourth-order valence-electron chi connectivity index (χ4n) is 2.84. The van der Waals surface area contributed by atoms with Gasteiger partial charge in [-0.2, -0.15) is 5.10 Å². The minimum Gasteiger partial charge on any atom is -0.355 e. The molecule has 1 aromatic carbocycles. The molecule has 0 aliphatic heterocycles. The van der Waals surface area contributed by atoms with Gasteiger partial charge in [0.1, 0.15) is 5.69 Å². The van der Waals surface area contributed by atoms with Crippen molar-refractivity contribution in [3.63, 3.8) is 0 Å². The molecule has 1 aliphatic rings. The fraction of sp³-hybridized carbons (Fsp3) is 0.450. The second-order valence-corrected chi connectivity index (χ2v) is 7.77. The molecule has 2 amide bonds. The summed E-state index contributed by atoms with van der Waals surface area (Å²) in [6.45, 7) is 6.54. The molecule has 26 heavy (non-hydrogen) atoms. The van der Waals surface area contributed by atoms with Crippen LogP contribution < -0.4 is 10.6 Å². The minimum absolute atomic E-state index is 0.123. The average molecular weight is 354 g/mol. The SMILES string of the molecule is CNC(=O)c1ccc(CNC(=O)c2cc(C3CC3)nn2C(C)(C)C)cc1. The molecule has 0 unspecified atom stereocenters. The largest absolute Gasteiger partial charge is 0.355 e. The van der Waals surface area contributed by atoms with Crippen molar-refractivity contribution in [2.24, 2.45) is 0 Å². The Bertz CT molecular complexity index is 811. The van der Waals surface area contributed by atoms with E-state index in [2.05, 4.69) is 15.7 Å². The summed E-state index contributed by atoms with van der Waals surface area (Å²) in [6, 6.07) is 9.13. The summed E-state index contributed by atoms with van der Waals surface area (Å²) in [6.07, 6.45) is 2.31. The van der Waals surface area contributed by atoms with Gasteiger partial charge in [-0.05, 0) is 57.4 Å². The molecule has 0 spiro atoms. The van der Waals surface area contributed by atoms with Gasteiger partial charge in [-0.15, -0.1) is 0 Å². The Balaban J connectivity index is 1.71. The van der Waals surface area contributed by atoms with Gasteiger partial charge in [0.25, 0.3) is 11.8 Å². The van der Waals surface area contributed by atoms with E-state index in [9.17, 15) is 9.59 Å². The summed E-state index contributed by atoms with van der Waals surface area (Å²) < 4.78 is 1.82. The van der Waals surface area contributed by atoms with E-state index in [-0.39, 0.29) is 17.4 Å². The van der Waals surface area contributed by atoms with Gasteiger partial charge in [-0.1, -0.05) is 12.1 Å². The molecule has 138 valence electrons. The van der Waals surface area contributed by atoms with Crippen LogP contribution in [0.2, 0.25) is 0 Å². The number of rotatable bonds is 5. The zero-order valence-corrected chi connectivity index (χ0v) is 15.8. The first-order valence-electron chi connectivity index (χ1n) is 8.99. The minimum atomic E-state index is -0.255. The molecule has 6 heteroatoms. The number of hydrogen-bond acceptors (Lipinski definition) is 3. The Hall–Kier alpha value is -2.63. The first-order valence-corrected chi connectivity index (χ1v) is 8.99. The lowest BCUT2D eigenvalue weighted by Crippen LogP contribution is -2.32. The van der Waals surface area contributed by atoms with Crippen molar-refractivity contribution in [2.75, 3.05) is 7.05 Å². The maximum Gasteiger partial charge on any atom is 0.269 e. The fourth-order valence-corrected chi connectivity index (χ4v) is 2.84. The van der Waals surface area contributed by atoms with Crippen LogP contribution in [-0.2, 0) is 12.1 Å². The molecular weight excluding hydrogens is 328 g/mol. The third-order valence-electron chi connectivity index (χ3n) is 4.49. The summed E-state index contributed by atoms with van der Waals surface area (Å²) in [4.78, 5) is 24.3. The lowest BCUT2D eigenvalue weighted by molar-refractivity contribution is 0.0930. The van der Waals surface area contributed by atoms with Crippen LogP contribution in [0.1, 0.15) is 71.6 Å². The third-order valence-corrected chi connectivity index (χ3v) is 4.49. The standard InChI is InChI=1S/C20H26N4O2/c1-20(2,3)24-17(11-16(23-24)14-9-10-14)19(26)22-12-13-5-7-15(8-6-13)18(25)21-4/h5-8,11,14H,9-10,12H2,1-4H3,(H,21,25)(H,22,26). The van der Waals surface area contributed by atoms with Crippen molar-refractivity contribution in [1.29, 1.82) is 0 Å². The van der Waals surface area contributed by atoms with Gasteiger partial charge in [0.05, 0.1) is 11.2 Å². The predicted molar refractivity (Wildman–Crippen MR) is 100 cm³/mol. The van der Waals surface area contributed by atoms with Crippen LogP contribution in [0.25, 0.3) is 0 Å². The molecule has 6 nitrogen and oxygen atoms in total. The van der Waals surface area contributed by atoms with Crippen molar-refractivity contribution in [1.82, 2.24) is 20.4 Å². The van der Waals surface area contributed by atoms with Gasteiger partial charge >= 0.3 is 0 Å². The molecule has 1 saturated carbocycles. The second kappa shape index (κ2) is 6.94. The summed E-state index contributed by atoms with van der Waals surface area (Å²) >= 11 is 0. The molecule has 1 fully saturated rings. The Morgan fingerprint density at radius 1 is 1.15 bits per heavy atom. The quantitative estimate of drug-likeness (QED) is 0.867. The lowest BCUT2D eigenvalue weighted by atomic mass is 10.1. The van der Waals surface area contributed by atoms with E-state index in [1.54, 1.807) is 19.2 Å². The number of amides is 2. The van der Waals surface area contributed by atoms with Crippen LogP contribution in [0, 0.1) is 0 Å². The summed E-state index contributed by atoms with van der Waals surface area (Å²) in [5.74, 6) is 0.249. The summed E-state index contributed by atoms with van der Waals surface area (Å²) in [7, 11) is 1.60. The molecule has 0 saturated heterocycles. The van der Waals surface area contributed by atoms with E-state index in [0.717, 1.165) is 24.1 Å². The van der Waals surface area contributed by atoms with E-state index >= 15 is 0 Å². The van der Waals surface area contributed by atoms with Gasteiger partial charge in [-0.25, -0.2) is 0 Å². The molecule has 3 rings (SSSR count). The first kappa shape index (κ1) is 18.2. The second-order valence-electron chi connectivity index (χ2n) is 7.77. The van der Waals surface area contributed by atoms with Crippen LogP contribution in [0.15, 0.2) is 30.3 Å². The van der Waals surface area contributed by atoms with E-state index in [1.165, 1.54) is 0 Å². The molecule has 2 aromatic rings. The molecule has 0 atom stereocenters. The smallest absolute Gasteiger partial charge is 0.269 e. The normalized spacial score (nSPS) is 14.2. The number of carbonyl (C=O) groups is 2. The van der Waals surface area contributed by atoms with Gasteiger partial charge in [-0.3, -0.25) is 14.3 Å². The van der Waals surface area contributed by atoms with Crippen molar-refractivity contribution < 1.29 is 9.59 Å². The topological polar surface area (TPSA) is 76.0 Å². The molecule has 1 aromatic heterocycles. The van der Waals surface area contributed by atoms with E-state index in [1.807, 2.05) is 43.7 Å². The van der Waals surface area contributed by atoms with E-state index in [4.69, 9.17) is 0 Å². The summed E-state index contributed by atoms with van der Waals surface area (Å²) in [5, 5.41) is 10.2. The Morgan fingerprint density at radius 3 is 2.35 bits per heavy atom. The molecule has 0 radical (unpaired) electrons. The molecule has 1 aliphatic carbocycles. The van der Waals surface area contributed by atoms with Crippen LogP contribution >= 0.6 is 0 Å². The highest BCUT2D eigenvalue weighted by Crippen LogP contribution is 2.40. The van der Waals surface area contributed by atoms with Gasteiger partial charge < -0.3 is 10.6 Å². The van der Waals surface area contributed by atoms with Gasteiger partial charge in [0.15, 0.2) is 0 Å². The zero-order valence-electron chi connectivity index (χ0n) is 15.8. The van der Waals surface area contributed by atoms with Gasteiger partial charge in [0, 0.05) is 25.1 Å². The van der Waals surface area contributed by atoms with Gasteiger partial charge in [0.2, 0.25) is 0 Å². The predicted octanol–water partition coefficient (Wildman–Crippen LogP) is 2.81. The van der Waals surface area contributed by atoms with E-state index in [0.29, 0.717) is 23.7 Å². The molecular formula is C20H26N4O2. The highest BCUT2D eigenvalue weighted by atomic mass is 16.2. The number of hydrogen-bond donors (Lipinski definition) is 2.